The standard InChI is InChI=1S/C37H43N3O12/c1-17-30(42)22(40-11-10-39(16-19(40)15-38)35(47)52-36(3,4)5)12-25(50-17)51-24-14-37(48,18(2)41)13-21-27(24)34(46)29-28(32(21)44)31(43)20-8-7-9-23(49-6)26(20)33(29)45/h7-9,17,19,22,24-25,30,42,44,46,48H,10-14,16H2,1-6H3/t17-,19?,22?,24-,25-,30+,37-/m0/s1. The van der Waals surface area contributed by atoms with Crippen molar-refractivity contribution in [2.45, 2.75) is 102 Å². The second-order valence-electron chi connectivity index (χ2n) is 14.8. The molecule has 0 saturated carbocycles. The summed E-state index contributed by atoms with van der Waals surface area (Å²) in [6.07, 6.45) is -5.87. The van der Waals surface area contributed by atoms with E-state index in [0.717, 1.165) is 0 Å². The Labute approximate surface area is 300 Å². The van der Waals surface area contributed by atoms with E-state index < -0.39 is 107 Å². The van der Waals surface area contributed by atoms with Crippen LogP contribution in [-0.2, 0) is 25.4 Å². The molecule has 15 nitrogen and oxygen atoms in total. The highest BCUT2D eigenvalue weighted by atomic mass is 16.7. The first-order chi connectivity index (χ1) is 24.4. The predicted molar refractivity (Wildman–Crippen MR) is 180 cm³/mol. The molecule has 2 aliphatic heterocycles. The van der Waals surface area contributed by atoms with Gasteiger partial charge in [0.1, 0.15) is 34.5 Å². The number of hydrogen-bond donors (Lipinski definition) is 4. The van der Waals surface area contributed by atoms with Crippen LogP contribution in [-0.4, -0.2) is 122 Å². The lowest BCUT2D eigenvalue weighted by Crippen LogP contribution is -2.63. The van der Waals surface area contributed by atoms with Crippen LogP contribution in [0.4, 0.5) is 4.79 Å². The molecule has 2 fully saturated rings. The molecule has 278 valence electrons. The Hall–Kier alpha value is -4.59. The lowest BCUT2D eigenvalue weighted by Gasteiger charge is -2.48. The number of fused-ring (bicyclic) bond motifs is 3. The number of methoxy groups -OCH3 is 1. The summed E-state index contributed by atoms with van der Waals surface area (Å²) in [6.45, 7) is 8.47. The normalized spacial score (nSPS) is 29.0. The van der Waals surface area contributed by atoms with Crippen molar-refractivity contribution in [1.82, 2.24) is 9.80 Å². The number of ketones is 3. The van der Waals surface area contributed by atoms with E-state index in [-0.39, 0.29) is 54.1 Å². The molecule has 2 saturated heterocycles. The van der Waals surface area contributed by atoms with Crippen LogP contribution in [0.5, 0.6) is 17.2 Å². The summed E-state index contributed by atoms with van der Waals surface area (Å²) in [7, 11) is 1.33. The van der Waals surface area contributed by atoms with Crippen LogP contribution in [0, 0.1) is 11.3 Å². The summed E-state index contributed by atoms with van der Waals surface area (Å²) < 4.78 is 23.3. The maximum absolute atomic E-state index is 13.9. The average molecular weight is 722 g/mol. The first kappa shape index (κ1) is 37.2. The van der Waals surface area contributed by atoms with Gasteiger partial charge in [-0.1, -0.05) is 12.1 Å². The zero-order valence-corrected chi connectivity index (χ0v) is 29.8. The fourth-order valence-electron chi connectivity index (χ4n) is 7.73. The number of aromatic hydroxyl groups is 2. The Morgan fingerprint density at radius 2 is 1.77 bits per heavy atom. The van der Waals surface area contributed by atoms with Crippen LogP contribution in [0.1, 0.15) is 96.5 Å². The SMILES string of the molecule is COc1cccc2c1C(=O)c1c(O)c3c(c(O)c1C2=O)C[C@@](O)(C(C)=O)C[C@@H]3O[C@H]1CC(N2CCN(C(=O)OC(C)(C)C)CC2C#N)[C@H](O)[C@H](C)O1. The minimum Gasteiger partial charge on any atom is -0.507 e. The van der Waals surface area contributed by atoms with Gasteiger partial charge in [0.25, 0.3) is 0 Å². The van der Waals surface area contributed by atoms with Gasteiger partial charge in [0.15, 0.2) is 17.9 Å². The first-order valence-corrected chi connectivity index (χ1v) is 17.1. The van der Waals surface area contributed by atoms with Gasteiger partial charge in [-0.05, 0) is 40.7 Å². The van der Waals surface area contributed by atoms with E-state index >= 15 is 0 Å². The molecule has 0 radical (unpaired) electrons. The minimum absolute atomic E-state index is 0.0138. The highest BCUT2D eigenvalue weighted by Crippen LogP contribution is 2.52. The molecule has 4 aliphatic rings. The van der Waals surface area contributed by atoms with Crippen molar-refractivity contribution in [1.29, 1.82) is 5.26 Å². The number of piperazine rings is 1. The van der Waals surface area contributed by atoms with Gasteiger partial charge >= 0.3 is 6.09 Å². The number of nitrogens with zero attached hydrogens (tertiary/aromatic N) is 3. The number of aliphatic hydroxyl groups excluding tert-OH is 1. The number of ether oxygens (including phenoxy) is 4. The van der Waals surface area contributed by atoms with E-state index in [0.29, 0.717) is 0 Å². The third-order valence-electron chi connectivity index (χ3n) is 10.4. The third-order valence-corrected chi connectivity index (χ3v) is 10.4. The number of amides is 1. The Morgan fingerprint density at radius 1 is 1.08 bits per heavy atom. The van der Waals surface area contributed by atoms with Gasteiger partial charge in [-0.25, -0.2) is 4.79 Å². The number of carbonyl (C=O) groups excluding carboxylic acids is 4. The second kappa shape index (κ2) is 13.4. The summed E-state index contributed by atoms with van der Waals surface area (Å²) in [5, 5.41) is 56.4. The van der Waals surface area contributed by atoms with Crippen LogP contribution in [0.2, 0.25) is 0 Å². The Kier molecular flexibility index (Phi) is 9.60. The van der Waals surface area contributed by atoms with Gasteiger partial charge in [0.2, 0.25) is 5.78 Å². The molecule has 4 N–H and O–H groups in total. The van der Waals surface area contributed by atoms with Gasteiger partial charge in [-0.2, -0.15) is 5.26 Å². The van der Waals surface area contributed by atoms with E-state index in [2.05, 4.69) is 6.07 Å². The Bertz CT molecular complexity index is 1880. The number of phenols is 2. The van der Waals surface area contributed by atoms with E-state index in [9.17, 15) is 44.9 Å². The quantitative estimate of drug-likeness (QED) is 0.279. The Balaban J connectivity index is 1.34. The predicted octanol–water partition coefficient (Wildman–Crippen LogP) is 2.52. The lowest BCUT2D eigenvalue weighted by atomic mass is 9.72. The Morgan fingerprint density at radius 3 is 2.40 bits per heavy atom. The number of nitriles is 1. The van der Waals surface area contributed by atoms with Gasteiger partial charge in [0.05, 0.1) is 54.7 Å². The van der Waals surface area contributed by atoms with Crippen LogP contribution in [0.15, 0.2) is 18.2 Å². The van der Waals surface area contributed by atoms with Gasteiger partial charge in [-0.3, -0.25) is 19.3 Å². The summed E-state index contributed by atoms with van der Waals surface area (Å²) in [5.41, 5.74) is -4.13. The lowest BCUT2D eigenvalue weighted by molar-refractivity contribution is -0.260. The number of hydrogen-bond acceptors (Lipinski definition) is 14. The molecule has 2 unspecified atom stereocenters. The van der Waals surface area contributed by atoms with Crippen molar-refractivity contribution < 1.29 is 58.6 Å². The summed E-state index contributed by atoms with van der Waals surface area (Å²) in [4.78, 5) is 56.6. The molecule has 0 spiro atoms. The van der Waals surface area contributed by atoms with Crippen molar-refractivity contribution >= 4 is 23.4 Å². The molecule has 2 aromatic carbocycles. The monoisotopic (exact) mass is 721 g/mol. The summed E-state index contributed by atoms with van der Waals surface area (Å²) in [5.74, 6) is -3.43. The zero-order valence-electron chi connectivity index (χ0n) is 29.8. The molecular formula is C37H43N3O12. The zero-order chi connectivity index (χ0) is 38.0. The number of benzene rings is 2. The molecule has 0 bridgehead atoms. The van der Waals surface area contributed by atoms with E-state index in [1.807, 2.05) is 0 Å². The smallest absolute Gasteiger partial charge is 0.410 e. The molecule has 7 atom stereocenters. The van der Waals surface area contributed by atoms with E-state index in [1.165, 1.54) is 37.1 Å². The van der Waals surface area contributed by atoms with E-state index in [4.69, 9.17) is 18.9 Å². The largest absolute Gasteiger partial charge is 0.507 e. The van der Waals surface area contributed by atoms with Gasteiger partial charge < -0.3 is 44.3 Å². The van der Waals surface area contributed by atoms with Gasteiger partial charge in [0, 0.05) is 55.1 Å². The minimum atomic E-state index is -2.10. The van der Waals surface area contributed by atoms with Crippen LogP contribution >= 0.6 is 0 Å². The molecule has 2 heterocycles. The van der Waals surface area contributed by atoms with E-state index in [1.54, 1.807) is 32.6 Å². The molecule has 15 heteroatoms. The van der Waals surface area contributed by atoms with Crippen molar-refractivity contribution in [3.8, 4) is 23.3 Å². The van der Waals surface area contributed by atoms with Crippen LogP contribution in [0.25, 0.3) is 0 Å². The fourth-order valence-corrected chi connectivity index (χ4v) is 7.73. The first-order valence-electron chi connectivity index (χ1n) is 17.1. The second-order valence-corrected chi connectivity index (χ2v) is 14.8. The maximum atomic E-state index is 13.9. The molecule has 0 aromatic heterocycles. The number of phenolic OH excluding ortho intramolecular Hbond substituents is 2. The van der Waals surface area contributed by atoms with Crippen LogP contribution in [0.3, 0.4) is 0 Å². The molecule has 6 rings (SSSR count). The maximum Gasteiger partial charge on any atom is 0.410 e. The topological polar surface area (TPSA) is 216 Å². The number of aliphatic hydroxyl groups is 2. The molecule has 1 amide bonds. The highest BCUT2D eigenvalue weighted by molar-refractivity contribution is 6.31. The molecule has 2 aromatic rings. The summed E-state index contributed by atoms with van der Waals surface area (Å²) >= 11 is 0. The van der Waals surface area contributed by atoms with Crippen molar-refractivity contribution in [2.24, 2.45) is 0 Å². The molecular weight excluding hydrogens is 678 g/mol. The molecule has 52 heavy (non-hydrogen) atoms. The molecule has 2 aliphatic carbocycles. The number of rotatable bonds is 5. The van der Waals surface area contributed by atoms with Crippen molar-refractivity contribution in [3.63, 3.8) is 0 Å². The van der Waals surface area contributed by atoms with Crippen LogP contribution < -0.4 is 4.74 Å². The highest BCUT2D eigenvalue weighted by Gasteiger charge is 2.50. The van der Waals surface area contributed by atoms with Crippen molar-refractivity contribution in [2.75, 3.05) is 26.7 Å². The average Bonchev–Trinajstić information content (AvgIpc) is 3.08. The number of Topliss-reactive ketones (excluding diaryl/α,β-unsaturated/α-hetero) is 1. The fraction of sp³-hybridized carbons (Fsp3) is 0.541. The van der Waals surface area contributed by atoms with Gasteiger partial charge in [-0.15, -0.1) is 0 Å². The summed E-state index contributed by atoms with van der Waals surface area (Å²) in [6, 6.07) is 5.09. The van der Waals surface area contributed by atoms with Crippen molar-refractivity contribution in [3.05, 3.63) is 51.6 Å². The number of carbonyl (C=O) groups is 4. The third kappa shape index (κ3) is 6.28.